The van der Waals surface area contributed by atoms with Crippen LogP contribution >= 0.6 is 11.6 Å². The van der Waals surface area contributed by atoms with E-state index in [1.807, 2.05) is 36.4 Å². The third kappa shape index (κ3) is 4.00. The molecule has 5 nitrogen and oxygen atoms in total. The summed E-state index contributed by atoms with van der Waals surface area (Å²) in [5.74, 6) is -1.43. The molecule has 0 aliphatic heterocycles. The van der Waals surface area contributed by atoms with Gasteiger partial charge in [-0.25, -0.2) is 4.79 Å². The lowest BCUT2D eigenvalue weighted by molar-refractivity contribution is 0.0696. The van der Waals surface area contributed by atoms with E-state index in [2.05, 4.69) is 5.32 Å². The second-order valence-electron chi connectivity index (χ2n) is 5.86. The van der Waals surface area contributed by atoms with Gasteiger partial charge in [-0.3, -0.25) is 4.79 Å². The van der Waals surface area contributed by atoms with E-state index in [-0.39, 0.29) is 16.5 Å². The van der Waals surface area contributed by atoms with Crippen LogP contribution in [0.1, 0.15) is 26.3 Å². The largest absolute Gasteiger partial charge is 0.478 e. The number of anilines is 1. The zero-order valence-electron chi connectivity index (χ0n) is 14.3. The van der Waals surface area contributed by atoms with Gasteiger partial charge in [-0.05, 0) is 41.0 Å². The summed E-state index contributed by atoms with van der Waals surface area (Å²) in [5, 5.41) is 11.9. The molecule has 136 valence electrons. The molecule has 0 fully saturated rings. The highest BCUT2D eigenvalue weighted by Crippen LogP contribution is 2.29. The molecule has 0 aliphatic rings. The van der Waals surface area contributed by atoms with Crippen LogP contribution in [0.25, 0.3) is 11.1 Å². The van der Waals surface area contributed by atoms with E-state index < -0.39 is 5.97 Å². The molecule has 3 aromatic carbocycles. The van der Waals surface area contributed by atoms with Crippen LogP contribution in [0.5, 0.6) is 0 Å². The normalized spacial score (nSPS) is 10.4. The number of hydrogen-bond acceptors (Lipinski definition) is 3. The molecule has 3 aromatic rings. The van der Waals surface area contributed by atoms with Crippen LogP contribution in [0.15, 0.2) is 66.7 Å². The van der Waals surface area contributed by atoms with Crippen molar-refractivity contribution in [1.29, 1.82) is 0 Å². The van der Waals surface area contributed by atoms with E-state index >= 15 is 0 Å². The third-order valence-corrected chi connectivity index (χ3v) is 4.48. The van der Waals surface area contributed by atoms with Gasteiger partial charge >= 0.3 is 5.97 Å². The molecular formula is C21H17ClN2O3. The summed E-state index contributed by atoms with van der Waals surface area (Å²) in [5.41, 5.74) is 9.27. The average molecular weight is 381 g/mol. The number of carbonyl (C=O) groups excluding carboxylic acids is 1. The van der Waals surface area contributed by atoms with Crippen LogP contribution in [0.2, 0.25) is 5.02 Å². The van der Waals surface area contributed by atoms with Crippen molar-refractivity contribution >= 4 is 29.2 Å². The Balaban J connectivity index is 1.96. The Labute approximate surface area is 161 Å². The van der Waals surface area contributed by atoms with Gasteiger partial charge < -0.3 is 16.2 Å². The highest BCUT2D eigenvalue weighted by atomic mass is 35.5. The smallest absolute Gasteiger partial charge is 0.335 e. The van der Waals surface area contributed by atoms with Crippen LogP contribution in [0.4, 0.5) is 5.69 Å². The number of aromatic carboxylic acids is 1. The van der Waals surface area contributed by atoms with Crippen molar-refractivity contribution < 1.29 is 14.7 Å². The fraction of sp³-hybridized carbons (Fsp3) is 0.0476. The monoisotopic (exact) mass is 380 g/mol. The fourth-order valence-electron chi connectivity index (χ4n) is 2.82. The minimum absolute atomic E-state index is 0.0512. The van der Waals surface area contributed by atoms with E-state index in [1.54, 1.807) is 12.1 Å². The van der Waals surface area contributed by atoms with Crippen LogP contribution in [0, 0.1) is 0 Å². The summed E-state index contributed by atoms with van der Waals surface area (Å²) in [6, 6.07) is 19.0. The maximum Gasteiger partial charge on any atom is 0.335 e. The molecule has 3 rings (SSSR count). The Morgan fingerprint density at radius 3 is 2.30 bits per heavy atom. The number of hydrogen-bond donors (Lipinski definition) is 3. The fourth-order valence-corrected chi connectivity index (χ4v) is 3.04. The number of nitrogens with two attached hydrogens (primary N) is 1. The minimum Gasteiger partial charge on any atom is -0.478 e. The predicted octanol–water partition coefficient (Wildman–Crippen LogP) is 4.42. The third-order valence-electron chi connectivity index (χ3n) is 4.16. The summed E-state index contributed by atoms with van der Waals surface area (Å²) in [6.07, 6.45) is 0. The Morgan fingerprint density at radius 2 is 1.63 bits per heavy atom. The van der Waals surface area contributed by atoms with Gasteiger partial charge in [0.25, 0.3) is 5.91 Å². The number of carboxylic acid groups (broad SMARTS) is 1. The molecule has 0 atom stereocenters. The van der Waals surface area contributed by atoms with Crippen LogP contribution in [0.3, 0.4) is 0 Å². The van der Waals surface area contributed by atoms with Gasteiger partial charge in [0.15, 0.2) is 0 Å². The number of amides is 1. The number of rotatable bonds is 5. The standard InChI is InChI=1S/C21H17ClN2O3/c22-18-11-13(21(26)27)9-10-19(18)24-20(25)17-8-4-3-7-16(17)15-6-2-1-5-14(15)12-23/h1-11H,12,23H2,(H,24,25)(H,26,27). The first-order valence-electron chi connectivity index (χ1n) is 8.23. The molecule has 0 spiro atoms. The molecular weight excluding hydrogens is 364 g/mol. The maximum atomic E-state index is 12.9. The molecule has 0 bridgehead atoms. The molecule has 0 unspecified atom stereocenters. The summed E-state index contributed by atoms with van der Waals surface area (Å²) in [6.45, 7) is 0.356. The highest BCUT2D eigenvalue weighted by Gasteiger charge is 2.16. The van der Waals surface area contributed by atoms with E-state index in [9.17, 15) is 9.59 Å². The predicted molar refractivity (Wildman–Crippen MR) is 106 cm³/mol. The van der Waals surface area contributed by atoms with Crippen molar-refractivity contribution in [1.82, 2.24) is 0 Å². The van der Waals surface area contributed by atoms with Gasteiger partial charge in [0, 0.05) is 12.1 Å². The second kappa shape index (κ2) is 8.03. The number of benzene rings is 3. The second-order valence-corrected chi connectivity index (χ2v) is 6.27. The van der Waals surface area contributed by atoms with Crippen molar-refractivity contribution in [2.45, 2.75) is 6.54 Å². The zero-order valence-corrected chi connectivity index (χ0v) is 15.0. The highest BCUT2D eigenvalue weighted by molar-refractivity contribution is 6.34. The molecule has 27 heavy (non-hydrogen) atoms. The van der Waals surface area contributed by atoms with Crippen molar-refractivity contribution in [3.8, 4) is 11.1 Å². The van der Waals surface area contributed by atoms with E-state index in [0.29, 0.717) is 17.8 Å². The zero-order chi connectivity index (χ0) is 19.4. The Bertz CT molecular complexity index is 1020. The number of carboxylic acids is 1. The van der Waals surface area contributed by atoms with Crippen molar-refractivity contribution in [2.75, 3.05) is 5.32 Å². The van der Waals surface area contributed by atoms with Gasteiger partial charge in [0.05, 0.1) is 16.3 Å². The van der Waals surface area contributed by atoms with Crippen molar-refractivity contribution in [3.05, 3.63) is 88.4 Å². The van der Waals surface area contributed by atoms with Crippen LogP contribution in [-0.2, 0) is 6.54 Å². The molecule has 1 amide bonds. The van der Waals surface area contributed by atoms with Crippen LogP contribution in [-0.4, -0.2) is 17.0 Å². The minimum atomic E-state index is -1.08. The lowest BCUT2D eigenvalue weighted by Crippen LogP contribution is -2.14. The van der Waals surface area contributed by atoms with Crippen molar-refractivity contribution in [2.24, 2.45) is 5.73 Å². The van der Waals surface area contributed by atoms with Crippen molar-refractivity contribution in [3.63, 3.8) is 0 Å². The number of halogens is 1. The lowest BCUT2D eigenvalue weighted by Gasteiger charge is -2.14. The van der Waals surface area contributed by atoms with Gasteiger partial charge in [-0.15, -0.1) is 0 Å². The Kier molecular flexibility index (Phi) is 5.54. The Morgan fingerprint density at radius 1 is 0.963 bits per heavy atom. The van der Waals surface area contributed by atoms with Gasteiger partial charge in [0.2, 0.25) is 0 Å². The van der Waals surface area contributed by atoms with Gasteiger partial charge in [0.1, 0.15) is 0 Å². The molecule has 0 aromatic heterocycles. The molecule has 0 aliphatic carbocycles. The topological polar surface area (TPSA) is 92.4 Å². The molecule has 0 saturated heterocycles. The van der Waals surface area contributed by atoms with E-state index in [4.69, 9.17) is 22.4 Å². The maximum absolute atomic E-state index is 12.9. The first kappa shape index (κ1) is 18.6. The molecule has 6 heteroatoms. The first-order valence-corrected chi connectivity index (χ1v) is 8.60. The van der Waals surface area contributed by atoms with E-state index in [0.717, 1.165) is 16.7 Å². The summed E-state index contributed by atoms with van der Waals surface area (Å²) >= 11 is 6.11. The quantitative estimate of drug-likeness (QED) is 0.611. The summed E-state index contributed by atoms with van der Waals surface area (Å²) < 4.78 is 0. The van der Waals surface area contributed by atoms with E-state index in [1.165, 1.54) is 18.2 Å². The van der Waals surface area contributed by atoms with Gasteiger partial charge in [-0.2, -0.15) is 0 Å². The number of nitrogens with one attached hydrogen (secondary N) is 1. The first-order chi connectivity index (χ1) is 13.0. The molecule has 0 radical (unpaired) electrons. The number of carbonyl (C=O) groups is 2. The van der Waals surface area contributed by atoms with Gasteiger partial charge in [-0.1, -0.05) is 54.1 Å². The lowest BCUT2D eigenvalue weighted by atomic mass is 9.95. The summed E-state index contributed by atoms with van der Waals surface area (Å²) in [4.78, 5) is 23.9. The molecule has 0 saturated carbocycles. The molecule has 0 heterocycles. The SMILES string of the molecule is NCc1ccccc1-c1ccccc1C(=O)Nc1ccc(C(=O)O)cc1Cl. The Hall–Kier alpha value is -3.15. The average Bonchev–Trinajstić information content (AvgIpc) is 2.69. The van der Waals surface area contributed by atoms with Crippen LogP contribution < -0.4 is 11.1 Å². The summed E-state index contributed by atoms with van der Waals surface area (Å²) in [7, 11) is 0. The molecule has 4 N–H and O–H groups in total.